The Morgan fingerprint density at radius 2 is 1.14 bits per heavy atom. The molecule has 3 heterocycles. The van der Waals surface area contributed by atoms with E-state index >= 15 is 0 Å². The largest absolute Gasteiger partial charge is 0.477 e. The zero-order valence-electron chi connectivity index (χ0n) is 50.5. The minimum atomic E-state index is -3.08. The number of hydrogen-bond donors (Lipinski definition) is 14. The van der Waals surface area contributed by atoms with E-state index in [1.165, 1.54) is 109 Å². The van der Waals surface area contributed by atoms with Crippen molar-refractivity contribution in [2.45, 2.75) is 317 Å². The van der Waals surface area contributed by atoms with Gasteiger partial charge in [-0.3, -0.25) is 9.59 Å². The van der Waals surface area contributed by atoms with Crippen molar-refractivity contribution >= 4 is 17.8 Å². The summed E-state index contributed by atoms with van der Waals surface area (Å²) in [6, 6.07) is -2.56. The van der Waals surface area contributed by atoms with Crippen LogP contribution in [0.1, 0.15) is 207 Å². The first kappa shape index (κ1) is 75.5. The van der Waals surface area contributed by atoms with E-state index in [2.05, 4.69) is 36.6 Å². The second-order valence-electron chi connectivity index (χ2n) is 23.3. The van der Waals surface area contributed by atoms with Crippen LogP contribution in [-0.4, -0.2) is 215 Å². The van der Waals surface area contributed by atoms with E-state index < -0.39 is 155 Å². The van der Waals surface area contributed by atoms with Gasteiger partial charge >= 0.3 is 5.97 Å². The van der Waals surface area contributed by atoms with Crippen LogP contribution in [-0.2, 0) is 42.8 Å². The van der Waals surface area contributed by atoms with Gasteiger partial charge in [0.15, 0.2) is 12.6 Å². The smallest absolute Gasteiger partial charge is 0.364 e. The minimum absolute atomic E-state index is 0.117. The number of aliphatic carboxylic acids is 1. The lowest BCUT2D eigenvalue weighted by atomic mass is 9.88. The number of carboxylic acids is 1. The molecule has 18 unspecified atom stereocenters. The highest BCUT2D eigenvalue weighted by Gasteiger charge is 2.60. The maximum Gasteiger partial charge on any atom is 0.364 e. The Balaban J connectivity index is 1.66. The second-order valence-corrected chi connectivity index (χ2v) is 23.3. The number of amides is 2. The molecule has 2 amide bonds. The first-order valence-electron chi connectivity index (χ1n) is 31.7. The van der Waals surface area contributed by atoms with Crippen LogP contribution in [0.3, 0.4) is 0 Å². The predicted molar refractivity (Wildman–Crippen MR) is 311 cm³/mol. The molecule has 84 heavy (non-hydrogen) atoms. The Labute approximate surface area is 498 Å². The first-order valence-corrected chi connectivity index (χ1v) is 31.7. The molecule has 0 spiro atoms. The van der Waals surface area contributed by atoms with Gasteiger partial charge in [0.2, 0.25) is 11.8 Å². The van der Waals surface area contributed by atoms with Crippen LogP contribution >= 0.6 is 0 Å². The van der Waals surface area contributed by atoms with Crippen molar-refractivity contribution in [3.8, 4) is 0 Å². The van der Waals surface area contributed by atoms with Gasteiger partial charge in [-0.05, 0) is 32.1 Å². The number of ether oxygens (including phenoxy) is 6. The van der Waals surface area contributed by atoms with Crippen molar-refractivity contribution in [1.29, 1.82) is 0 Å². The number of carbonyl (C=O) groups excluding carboxylic acids is 2. The van der Waals surface area contributed by atoms with Gasteiger partial charge in [0, 0.05) is 19.8 Å². The number of carbonyl (C=O) groups is 3. The number of carboxylic acid groups (broad SMARTS) is 1. The lowest BCUT2D eigenvalue weighted by molar-refractivity contribution is -0.386. The average Bonchev–Trinajstić information content (AvgIpc) is 1.27. The Hall–Kier alpha value is -2.79. The third-order valence-electron chi connectivity index (χ3n) is 16.2. The Morgan fingerprint density at radius 1 is 0.619 bits per heavy atom. The lowest BCUT2D eigenvalue weighted by Gasteiger charge is -2.50. The number of unbranched alkanes of at least 4 members (excludes halogenated alkanes) is 22. The summed E-state index contributed by atoms with van der Waals surface area (Å²) in [7, 11) is 0. The molecule has 490 valence electrons. The summed E-state index contributed by atoms with van der Waals surface area (Å²) in [6.45, 7) is 2.12. The van der Waals surface area contributed by atoms with Gasteiger partial charge < -0.3 is 100 Å². The number of nitrogens with one attached hydrogen (secondary N) is 2. The third kappa shape index (κ3) is 26.5. The quantitative estimate of drug-likeness (QED) is 0.0305. The highest BCUT2D eigenvalue weighted by Crippen LogP contribution is 2.38. The van der Waals surface area contributed by atoms with Crippen molar-refractivity contribution < 1.29 is 104 Å². The molecular formula is C61H110N2O21. The average molecular weight is 1210 g/mol. The molecule has 3 aliphatic heterocycles. The molecule has 23 heteroatoms. The van der Waals surface area contributed by atoms with Gasteiger partial charge in [-0.25, -0.2) is 4.79 Å². The molecule has 3 rings (SSSR count). The zero-order valence-corrected chi connectivity index (χ0v) is 50.5. The zero-order chi connectivity index (χ0) is 61.9. The number of hydrogen-bond acceptors (Lipinski definition) is 20. The van der Waals surface area contributed by atoms with Crippen LogP contribution in [0, 0.1) is 0 Å². The fourth-order valence-corrected chi connectivity index (χ4v) is 11.1. The Bertz CT molecular complexity index is 1820. The van der Waals surface area contributed by atoms with Crippen LogP contribution in [0.5, 0.6) is 0 Å². The molecule has 0 aromatic rings. The molecular weight excluding hydrogens is 1100 g/mol. The topological polar surface area (TPSA) is 373 Å². The third-order valence-corrected chi connectivity index (χ3v) is 16.2. The van der Waals surface area contributed by atoms with E-state index in [1.54, 1.807) is 0 Å². The number of rotatable bonds is 46. The van der Waals surface area contributed by atoms with E-state index in [9.17, 15) is 75.7 Å². The molecule has 0 radical (unpaired) electrons. The highest BCUT2D eigenvalue weighted by atomic mass is 16.8. The number of allylic oxidation sites excluding steroid dienone is 4. The fourth-order valence-electron chi connectivity index (χ4n) is 11.1. The molecule has 14 N–H and O–H groups in total. The van der Waals surface area contributed by atoms with Crippen LogP contribution in [0.15, 0.2) is 24.3 Å². The van der Waals surface area contributed by atoms with E-state index in [4.69, 9.17) is 28.4 Å². The summed E-state index contributed by atoms with van der Waals surface area (Å²) >= 11 is 0. The highest BCUT2D eigenvalue weighted by molar-refractivity contribution is 5.77. The molecule has 0 aromatic heterocycles. The van der Waals surface area contributed by atoms with Crippen molar-refractivity contribution in [2.24, 2.45) is 0 Å². The summed E-state index contributed by atoms with van der Waals surface area (Å²) in [6.07, 6.45) is 9.32. The van der Waals surface area contributed by atoms with Gasteiger partial charge in [-0.15, -0.1) is 0 Å². The van der Waals surface area contributed by atoms with Gasteiger partial charge in [-0.2, -0.15) is 0 Å². The van der Waals surface area contributed by atoms with Gasteiger partial charge in [0.05, 0.1) is 50.7 Å². The number of aliphatic hydroxyl groups excluding tert-OH is 11. The van der Waals surface area contributed by atoms with Crippen LogP contribution in [0.4, 0.5) is 0 Å². The molecule has 0 aliphatic carbocycles. The van der Waals surface area contributed by atoms with Crippen LogP contribution < -0.4 is 10.6 Å². The number of aliphatic hydroxyl groups is 11. The van der Waals surface area contributed by atoms with E-state index in [0.717, 1.165) is 51.9 Å². The monoisotopic (exact) mass is 1210 g/mol. The SMILES string of the molecule is CCCCCCCC/C=C\C/C=C\CCC(=O)NC(COC1OC(CO)C(OC2OC(CO)C(O)C(OC3(C(=O)O)CC(O)C(NC(C)=O)C(C(O)C(O)CO)O3)C2O)C(O)C1O)C(O)CCCCCCCCCCCCCCCCCCC. The Kier molecular flexibility index (Phi) is 38.6. The summed E-state index contributed by atoms with van der Waals surface area (Å²) in [5.41, 5.74) is 0. The van der Waals surface area contributed by atoms with Gasteiger partial charge in [0.1, 0.15) is 67.1 Å². The lowest BCUT2D eigenvalue weighted by Crippen LogP contribution is -2.70. The van der Waals surface area contributed by atoms with Crippen LogP contribution in [0.2, 0.25) is 0 Å². The van der Waals surface area contributed by atoms with Gasteiger partial charge in [-0.1, -0.05) is 179 Å². The van der Waals surface area contributed by atoms with Crippen molar-refractivity contribution in [1.82, 2.24) is 10.6 Å². The summed E-state index contributed by atoms with van der Waals surface area (Å²) in [4.78, 5) is 38.4. The normalized spacial score (nSPS) is 29.9. The Morgan fingerprint density at radius 3 is 1.67 bits per heavy atom. The standard InChI is InChI=1S/C61H110N2O21/c1-4-6-8-10-12-14-16-18-19-20-21-23-24-26-28-30-32-34-43(68)42(63-48(71)35-33-31-29-27-25-22-17-15-13-11-9-7-5-2)40-79-58-53(75)52(74)55(47(39-66)81-58)82-59-54(76)57(51(73)46(38-65)80-59)84-61(60(77)78)36-44(69)49(62-41(3)67)56(83-61)50(72)45(70)37-64/h22,25,29,31,42-47,49-59,64-66,68-70,72-76H,4-21,23-24,26-28,30,32-40H2,1-3H3,(H,62,67)(H,63,71)(H,77,78)/b25-22-,31-29-. The fraction of sp³-hybridized carbons (Fsp3) is 0.885. The molecule has 23 nitrogen and oxygen atoms in total. The second kappa shape index (κ2) is 43.0. The predicted octanol–water partition coefficient (Wildman–Crippen LogP) is 3.72. The van der Waals surface area contributed by atoms with Crippen molar-refractivity contribution in [3.63, 3.8) is 0 Å². The molecule has 3 fully saturated rings. The maximum absolute atomic E-state index is 13.4. The first-order chi connectivity index (χ1) is 40.4. The molecule has 0 saturated carbocycles. The molecule has 3 aliphatic rings. The van der Waals surface area contributed by atoms with Crippen LogP contribution in [0.25, 0.3) is 0 Å². The molecule has 3 saturated heterocycles. The van der Waals surface area contributed by atoms with Gasteiger partial charge in [0.25, 0.3) is 5.79 Å². The minimum Gasteiger partial charge on any atom is -0.477 e. The molecule has 0 bridgehead atoms. The summed E-state index contributed by atoms with van der Waals surface area (Å²) < 4.78 is 34.7. The molecule has 18 atom stereocenters. The maximum atomic E-state index is 13.4. The van der Waals surface area contributed by atoms with E-state index in [0.29, 0.717) is 19.3 Å². The summed E-state index contributed by atoms with van der Waals surface area (Å²) in [5.74, 6) is -6.18. The van der Waals surface area contributed by atoms with Crippen molar-refractivity contribution in [2.75, 3.05) is 26.4 Å². The van der Waals surface area contributed by atoms with E-state index in [1.807, 2.05) is 12.2 Å². The van der Waals surface area contributed by atoms with Crippen molar-refractivity contribution in [3.05, 3.63) is 24.3 Å². The molecule has 0 aromatic carbocycles. The summed E-state index contributed by atoms with van der Waals surface area (Å²) in [5, 5.41) is 136. The van der Waals surface area contributed by atoms with E-state index in [-0.39, 0.29) is 12.3 Å².